The summed E-state index contributed by atoms with van der Waals surface area (Å²) in [7, 11) is 0. The second-order valence-corrected chi connectivity index (χ2v) is 5.68. The molecule has 118 valence electrons. The smallest absolute Gasteiger partial charge is 0.307 e. The van der Waals surface area contributed by atoms with E-state index in [-0.39, 0.29) is 12.6 Å². The third kappa shape index (κ3) is 3.10. The number of benzene rings is 1. The summed E-state index contributed by atoms with van der Waals surface area (Å²) >= 11 is 5.81. The zero-order valence-electron chi connectivity index (χ0n) is 11.6. The molecule has 1 N–H and O–H groups in total. The largest absolute Gasteiger partial charge is 0.451 e. The molecule has 0 spiro atoms. The van der Waals surface area contributed by atoms with Gasteiger partial charge < -0.3 is 9.88 Å². The number of halogens is 4. The molecule has 2 heterocycles. The molecule has 1 aromatic heterocycles. The van der Waals surface area contributed by atoms with Crippen LogP contribution < -0.4 is 5.32 Å². The predicted octanol–water partition coefficient (Wildman–Crippen LogP) is 3.42. The van der Waals surface area contributed by atoms with E-state index in [4.69, 9.17) is 11.6 Å². The van der Waals surface area contributed by atoms with Crippen molar-refractivity contribution < 1.29 is 13.2 Å². The van der Waals surface area contributed by atoms with Crippen molar-refractivity contribution in [2.45, 2.75) is 31.6 Å². The Bertz CT molecular complexity index is 645. The SMILES string of the molecule is FC(F)(F)c1nnc(C2CCCN2)n1Cc1ccc(Cl)cc1. The summed E-state index contributed by atoms with van der Waals surface area (Å²) < 4.78 is 40.6. The highest BCUT2D eigenvalue weighted by atomic mass is 35.5. The molecule has 8 heteroatoms. The molecule has 1 aromatic carbocycles. The zero-order valence-corrected chi connectivity index (χ0v) is 12.3. The maximum Gasteiger partial charge on any atom is 0.451 e. The molecule has 3 rings (SSSR count). The second kappa shape index (κ2) is 5.89. The average Bonchev–Trinajstić information content (AvgIpc) is 3.09. The van der Waals surface area contributed by atoms with Gasteiger partial charge in [0, 0.05) is 5.02 Å². The number of hydrogen-bond acceptors (Lipinski definition) is 3. The van der Waals surface area contributed by atoms with Crippen LogP contribution in [-0.4, -0.2) is 21.3 Å². The third-order valence-corrected chi connectivity index (χ3v) is 3.91. The summed E-state index contributed by atoms with van der Waals surface area (Å²) in [5.74, 6) is -0.633. The van der Waals surface area contributed by atoms with Crippen LogP contribution in [0.5, 0.6) is 0 Å². The molecule has 1 atom stereocenters. The molecule has 0 radical (unpaired) electrons. The maximum atomic E-state index is 13.2. The molecule has 1 fully saturated rings. The van der Waals surface area contributed by atoms with E-state index in [1.54, 1.807) is 24.3 Å². The summed E-state index contributed by atoms with van der Waals surface area (Å²) in [6, 6.07) is 6.53. The first-order valence-electron chi connectivity index (χ1n) is 6.93. The Labute approximate surface area is 130 Å². The highest BCUT2D eigenvalue weighted by Gasteiger charge is 2.39. The molecule has 1 unspecified atom stereocenters. The molecule has 1 aliphatic heterocycles. The van der Waals surface area contributed by atoms with Crippen molar-refractivity contribution in [3.05, 3.63) is 46.5 Å². The van der Waals surface area contributed by atoms with Crippen molar-refractivity contribution in [2.75, 3.05) is 6.54 Å². The number of aromatic nitrogens is 3. The van der Waals surface area contributed by atoms with Gasteiger partial charge in [-0.1, -0.05) is 23.7 Å². The van der Waals surface area contributed by atoms with Crippen molar-refractivity contribution in [1.29, 1.82) is 0 Å². The van der Waals surface area contributed by atoms with Crippen LogP contribution in [0, 0.1) is 0 Å². The van der Waals surface area contributed by atoms with E-state index in [0.29, 0.717) is 16.4 Å². The molecule has 1 aliphatic rings. The Morgan fingerprint density at radius 1 is 1.23 bits per heavy atom. The van der Waals surface area contributed by atoms with Crippen LogP contribution in [0.2, 0.25) is 5.02 Å². The fourth-order valence-corrected chi connectivity index (χ4v) is 2.74. The van der Waals surface area contributed by atoms with E-state index < -0.39 is 12.0 Å². The zero-order chi connectivity index (χ0) is 15.7. The molecule has 0 saturated carbocycles. The lowest BCUT2D eigenvalue weighted by atomic mass is 10.2. The third-order valence-electron chi connectivity index (χ3n) is 3.66. The minimum Gasteiger partial charge on any atom is -0.307 e. The molecule has 2 aromatic rings. The number of nitrogens with zero attached hydrogens (tertiary/aromatic N) is 3. The monoisotopic (exact) mass is 330 g/mol. The molecule has 0 bridgehead atoms. The van der Waals surface area contributed by atoms with Crippen molar-refractivity contribution in [1.82, 2.24) is 20.1 Å². The minimum atomic E-state index is -4.53. The van der Waals surface area contributed by atoms with Gasteiger partial charge in [-0.15, -0.1) is 10.2 Å². The van der Waals surface area contributed by atoms with E-state index in [1.165, 1.54) is 0 Å². The Balaban J connectivity index is 1.98. The number of hydrogen-bond donors (Lipinski definition) is 1. The van der Waals surface area contributed by atoms with E-state index in [0.717, 1.165) is 24.0 Å². The van der Waals surface area contributed by atoms with Gasteiger partial charge in [0.25, 0.3) is 0 Å². The highest BCUT2D eigenvalue weighted by Crippen LogP contribution is 2.31. The van der Waals surface area contributed by atoms with Crippen LogP contribution in [0.4, 0.5) is 13.2 Å². The lowest BCUT2D eigenvalue weighted by Gasteiger charge is -2.15. The Morgan fingerprint density at radius 2 is 1.95 bits per heavy atom. The molecule has 22 heavy (non-hydrogen) atoms. The van der Waals surface area contributed by atoms with Gasteiger partial charge in [-0.05, 0) is 37.1 Å². The lowest BCUT2D eigenvalue weighted by Crippen LogP contribution is -2.22. The molecular formula is C14H14ClF3N4. The summed E-state index contributed by atoms with van der Waals surface area (Å²) in [5.41, 5.74) is 0.717. The number of nitrogens with one attached hydrogen (secondary N) is 1. The molecule has 1 saturated heterocycles. The van der Waals surface area contributed by atoms with E-state index >= 15 is 0 Å². The van der Waals surface area contributed by atoms with Crippen LogP contribution in [0.1, 0.15) is 36.1 Å². The number of alkyl halides is 3. The van der Waals surface area contributed by atoms with Crippen molar-refractivity contribution >= 4 is 11.6 Å². The minimum absolute atomic E-state index is 0.0620. The van der Waals surface area contributed by atoms with Gasteiger partial charge in [0.15, 0.2) is 5.82 Å². The maximum absolute atomic E-state index is 13.2. The van der Waals surface area contributed by atoms with E-state index in [9.17, 15) is 13.2 Å². The van der Waals surface area contributed by atoms with Crippen molar-refractivity contribution in [3.8, 4) is 0 Å². The van der Waals surface area contributed by atoms with E-state index in [1.807, 2.05) is 0 Å². The Morgan fingerprint density at radius 3 is 2.55 bits per heavy atom. The number of rotatable bonds is 3. The van der Waals surface area contributed by atoms with Gasteiger partial charge in [0.1, 0.15) is 0 Å². The summed E-state index contributed by atoms with van der Waals surface area (Å²) in [6.45, 7) is 0.840. The van der Waals surface area contributed by atoms with Crippen molar-refractivity contribution in [2.24, 2.45) is 0 Å². The van der Waals surface area contributed by atoms with Gasteiger partial charge in [-0.3, -0.25) is 0 Å². The quantitative estimate of drug-likeness (QED) is 0.937. The van der Waals surface area contributed by atoms with Crippen molar-refractivity contribution in [3.63, 3.8) is 0 Å². The van der Waals surface area contributed by atoms with Crippen LogP contribution >= 0.6 is 11.6 Å². The first-order chi connectivity index (χ1) is 10.4. The average molecular weight is 331 g/mol. The van der Waals surface area contributed by atoms with Gasteiger partial charge in [-0.2, -0.15) is 13.2 Å². The fraction of sp³-hybridized carbons (Fsp3) is 0.429. The molecule has 4 nitrogen and oxygen atoms in total. The Hall–Kier alpha value is -1.60. The second-order valence-electron chi connectivity index (χ2n) is 5.24. The highest BCUT2D eigenvalue weighted by molar-refractivity contribution is 6.30. The molecular weight excluding hydrogens is 317 g/mol. The van der Waals surface area contributed by atoms with E-state index in [2.05, 4.69) is 15.5 Å². The predicted molar refractivity (Wildman–Crippen MR) is 75.6 cm³/mol. The summed E-state index contributed by atoms with van der Waals surface area (Å²) in [4.78, 5) is 0. The normalized spacial score (nSPS) is 18.8. The van der Waals surface area contributed by atoms with Gasteiger partial charge in [0.05, 0.1) is 12.6 Å². The first-order valence-corrected chi connectivity index (χ1v) is 7.31. The molecule has 0 aliphatic carbocycles. The van der Waals surface area contributed by atoms with Crippen LogP contribution in [0.25, 0.3) is 0 Å². The summed E-state index contributed by atoms with van der Waals surface area (Å²) in [5, 5.41) is 10.9. The van der Waals surface area contributed by atoms with Crippen LogP contribution in [0.15, 0.2) is 24.3 Å². The molecule has 0 amide bonds. The lowest BCUT2D eigenvalue weighted by molar-refractivity contribution is -0.147. The first kappa shape index (κ1) is 15.3. The fourth-order valence-electron chi connectivity index (χ4n) is 2.62. The van der Waals surface area contributed by atoms with Crippen LogP contribution in [-0.2, 0) is 12.7 Å². The van der Waals surface area contributed by atoms with Crippen LogP contribution in [0.3, 0.4) is 0 Å². The topological polar surface area (TPSA) is 42.7 Å². The van der Waals surface area contributed by atoms with Gasteiger partial charge in [0.2, 0.25) is 5.82 Å². The van der Waals surface area contributed by atoms with Gasteiger partial charge in [-0.25, -0.2) is 0 Å². The summed E-state index contributed by atoms with van der Waals surface area (Å²) in [6.07, 6.45) is -2.85. The van der Waals surface area contributed by atoms with Gasteiger partial charge >= 0.3 is 6.18 Å². The standard InChI is InChI=1S/C14H14ClF3N4/c15-10-5-3-9(4-6-10)8-22-12(11-2-1-7-19-11)20-21-13(22)14(16,17)18/h3-6,11,19H,1-2,7-8H2. The Kier molecular flexibility index (Phi) is 4.10.